The molecule has 0 bridgehead atoms. The summed E-state index contributed by atoms with van der Waals surface area (Å²) in [6.45, 7) is 7.54. The van der Waals surface area contributed by atoms with Crippen molar-refractivity contribution in [3.63, 3.8) is 0 Å². The number of nitrogens with zero attached hydrogens (tertiary/aromatic N) is 2. The van der Waals surface area contributed by atoms with Crippen molar-refractivity contribution in [2.75, 3.05) is 26.2 Å². The fraction of sp³-hybridized carbons (Fsp3) is 0.588. The maximum Gasteiger partial charge on any atom is 0.239 e. The third-order valence-corrected chi connectivity index (χ3v) is 4.69. The molecule has 130 valence electrons. The third kappa shape index (κ3) is 5.35. The SMILES string of the molecule is CCCC(N)C(=O)N1CCN(C(C)c2ccc(Cl)cc2)CC1.Cl. The van der Waals surface area contributed by atoms with Crippen molar-refractivity contribution >= 4 is 29.9 Å². The van der Waals surface area contributed by atoms with Gasteiger partial charge in [-0.15, -0.1) is 12.4 Å². The second-order valence-electron chi connectivity index (χ2n) is 5.98. The van der Waals surface area contributed by atoms with Crippen molar-refractivity contribution in [1.82, 2.24) is 9.80 Å². The van der Waals surface area contributed by atoms with Crippen LogP contribution in [0.15, 0.2) is 24.3 Å². The van der Waals surface area contributed by atoms with Gasteiger partial charge in [-0.2, -0.15) is 0 Å². The van der Waals surface area contributed by atoms with Crippen LogP contribution in [0.4, 0.5) is 0 Å². The van der Waals surface area contributed by atoms with E-state index in [1.165, 1.54) is 5.56 Å². The zero-order valence-corrected chi connectivity index (χ0v) is 15.4. The molecule has 0 spiro atoms. The summed E-state index contributed by atoms with van der Waals surface area (Å²) in [5.74, 6) is 0.0978. The van der Waals surface area contributed by atoms with Crippen molar-refractivity contribution in [3.8, 4) is 0 Å². The van der Waals surface area contributed by atoms with Crippen LogP contribution >= 0.6 is 24.0 Å². The average molecular weight is 360 g/mol. The van der Waals surface area contributed by atoms with Crippen LogP contribution in [-0.2, 0) is 4.79 Å². The van der Waals surface area contributed by atoms with Crippen molar-refractivity contribution in [3.05, 3.63) is 34.9 Å². The van der Waals surface area contributed by atoms with Gasteiger partial charge >= 0.3 is 0 Å². The quantitative estimate of drug-likeness (QED) is 0.878. The molecule has 4 nitrogen and oxygen atoms in total. The molecule has 1 aliphatic heterocycles. The van der Waals surface area contributed by atoms with E-state index in [1.807, 2.05) is 17.0 Å². The Balaban J connectivity index is 0.00000264. The lowest BCUT2D eigenvalue weighted by Crippen LogP contribution is -2.53. The zero-order chi connectivity index (χ0) is 16.1. The number of nitrogens with two attached hydrogens (primary N) is 1. The Labute approximate surface area is 150 Å². The molecule has 1 aromatic rings. The number of rotatable bonds is 5. The lowest BCUT2D eigenvalue weighted by molar-refractivity contribution is -0.134. The number of amides is 1. The van der Waals surface area contributed by atoms with E-state index in [0.29, 0.717) is 6.04 Å². The maximum atomic E-state index is 12.2. The van der Waals surface area contributed by atoms with Gasteiger partial charge in [0.25, 0.3) is 0 Å². The summed E-state index contributed by atoms with van der Waals surface area (Å²) < 4.78 is 0. The lowest BCUT2D eigenvalue weighted by atomic mass is 10.1. The van der Waals surface area contributed by atoms with E-state index in [-0.39, 0.29) is 24.4 Å². The van der Waals surface area contributed by atoms with E-state index in [1.54, 1.807) is 0 Å². The number of carbonyl (C=O) groups is 1. The highest BCUT2D eigenvalue weighted by Crippen LogP contribution is 2.23. The first-order valence-corrected chi connectivity index (χ1v) is 8.44. The lowest BCUT2D eigenvalue weighted by Gasteiger charge is -2.39. The van der Waals surface area contributed by atoms with Crippen LogP contribution in [0.5, 0.6) is 0 Å². The molecule has 1 fully saturated rings. The fourth-order valence-corrected chi connectivity index (χ4v) is 3.08. The Morgan fingerprint density at radius 1 is 1.22 bits per heavy atom. The molecule has 1 amide bonds. The summed E-state index contributed by atoms with van der Waals surface area (Å²) in [6.07, 6.45) is 1.71. The number of hydrogen-bond acceptors (Lipinski definition) is 3. The van der Waals surface area contributed by atoms with Gasteiger partial charge in [-0.1, -0.05) is 37.1 Å². The minimum atomic E-state index is -0.342. The van der Waals surface area contributed by atoms with Crippen LogP contribution in [-0.4, -0.2) is 47.9 Å². The highest BCUT2D eigenvalue weighted by Gasteiger charge is 2.27. The van der Waals surface area contributed by atoms with Gasteiger partial charge in [-0.25, -0.2) is 0 Å². The molecule has 2 atom stereocenters. The van der Waals surface area contributed by atoms with Crippen LogP contribution in [0.2, 0.25) is 5.02 Å². The number of carbonyl (C=O) groups excluding carboxylic acids is 1. The Bertz CT molecular complexity index is 487. The maximum absolute atomic E-state index is 12.2. The van der Waals surface area contributed by atoms with Gasteiger partial charge in [0.2, 0.25) is 5.91 Å². The highest BCUT2D eigenvalue weighted by atomic mass is 35.5. The van der Waals surface area contributed by atoms with E-state index >= 15 is 0 Å². The van der Waals surface area contributed by atoms with Gasteiger partial charge in [-0.3, -0.25) is 9.69 Å². The van der Waals surface area contributed by atoms with Gasteiger partial charge in [0.05, 0.1) is 6.04 Å². The van der Waals surface area contributed by atoms with Crippen LogP contribution in [0.3, 0.4) is 0 Å². The molecule has 0 saturated carbocycles. The fourth-order valence-electron chi connectivity index (χ4n) is 2.95. The monoisotopic (exact) mass is 359 g/mol. The minimum Gasteiger partial charge on any atom is -0.339 e. The van der Waals surface area contributed by atoms with Crippen LogP contribution in [0.1, 0.15) is 38.3 Å². The van der Waals surface area contributed by atoms with Gasteiger partial charge in [-0.05, 0) is 31.0 Å². The Kier molecular flexibility index (Phi) is 8.34. The van der Waals surface area contributed by atoms with E-state index in [9.17, 15) is 4.79 Å². The van der Waals surface area contributed by atoms with E-state index in [4.69, 9.17) is 17.3 Å². The second kappa shape index (κ2) is 9.48. The van der Waals surface area contributed by atoms with Crippen LogP contribution in [0, 0.1) is 0 Å². The molecule has 2 unspecified atom stereocenters. The van der Waals surface area contributed by atoms with Crippen LogP contribution in [0.25, 0.3) is 0 Å². The summed E-state index contributed by atoms with van der Waals surface area (Å²) in [5, 5.41) is 0.760. The molecule has 1 aliphatic rings. The van der Waals surface area contributed by atoms with E-state index in [0.717, 1.165) is 44.0 Å². The molecular weight excluding hydrogens is 333 g/mol. The number of benzene rings is 1. The molecule has 23 heavy (non-hydrogen) atoms. The third-order valence-electron chi connectivity index (χ3n) is 4.44. The molecule has 1 heterocycles. The van der Waals surface area contributed by atoms with E-state index < -0.39 is 0 Å². The Hall–Kier alpha value is -0.810. The summed E-state index contributed by atoms with van der Waals surface area (Å²) in [6, 6.07) is 7.99. The smallest absolute Gasteiger partial charge is 0.239 e. The summed E-state index contributed by atoms with van der Waals surface area (Å²) >= 11 is 5.94. The number of hydrogen-bond donors (Lipinski definition) is 1. The molecule has 1 aromatic carbocycles. The van der Waals surface area contributed by atoms with Crippen molar-refractivity contribution in [2.24, 2.45) is 5.73 Å². The first-order valence-electron chi connectivity index (χ1n) is 8.06. The van der Waals surface area contributed by atoms with Crippen LogP contribution < -0.4 is 5.73 Å². The summed E-state index contributed by atoms with van der Waals surface area (Å²) in [4.78, 5) is 16.5. The molecule has 6 heteroatoms. The first kappa shape index (κ1) is 20.2. The molecule has 0 radical (unpaired) electrons. The largest absolute Gasteiger partial charge is 0.339 e. The number of halogens is 2. The average Bonchev–Trinajstić information content (AvgIpc) is 2.54. The highest BCUT2D eigenvalue weighted by molar-refractivity contribution is 6.30. The molecule has 0 aromatic heterocycles. The molecule has 0 aliphatic carbocycles. The van der Waals surface area contributed by atoms with E-state index in [2.05, 4.69) is 30.9 Å². The van der Waals surface area contributed by atoms with Gasteiger partial charge in [0.15, 0.2) is 0 Å². The normalized spacial score (nSPS) is 18.2. The van der Waals surface area contributed by atoms with Crippen molar-refractivity contribution in [2.45, 2.75) is 38.8 Å². The molecule has 2 rings (SSSR count). The van der Waals surface area contributed by atoms with Gasteiger partial charge in [0.1, 0.15) is 0 Å². The first-order chi connectivity index (χ1) is 10.5. The molecule has 2 N–H and O–H groups in total. The van der Waals surface area contributed by atoms with Crippen molar-refractivity contribution < 1.29 is 4.79 Å². The molecule has 1 saturated heterocycles. The predicted molar refractivity (Wildman–Crippen MR) is 98.2 cm³/mol. The van der Waals surface area contributed by atoms with Gasteiger partial charge < -0.3 is 10.6 Å². The Morgan fingerprint density at radius 2 is 1.78 bits per heavy atom. The van der Waals surface area contributed by atoms with Gasteiger partial charge in [0, 0.05) is 37.2 Å². The minimum absolute atomic E-state index is 0. The summed E-state index contributed by atoms with van der Waals surface area (Å²) in [5.41, 5.74) is 7.20. The number of piperazine rings is 1. The topological polar surface area (TPSA) is 49.6 Å². The second-order valence-corrected chi connectivity index (χ2v) is 6.42. The zero-order valence-electron chi connectivity index (χ0n) is 13.9. The standard InChI is InChI=1S/C17H26ClN3O.ClH/c1-3-4-16(19)17(22)21-11-9-20(10-12-21)13(2)14-5-7-15(18)8-6-14;/h5-8,13,16H,3-4,9-12,19H2,1-2H3;1H. The Morgan fingerprint density at radius 3 is 2.30 bits per heavy atom. The van der Waals surface area contributed by atoms with Crippen molar-refractivity contribution in [1.29, 1.82) is 0 Å². The molecular formula is C17H27Cl2N3O. The summed E-state index contributed by atoms with van der Waals surface area (Å²) in [7, 11) is 0. The predicted octanol–water partition coefficient (Wildman–Crippen LogP) is 3.09.